The Morgan fingerprint density at radius 3 is 2.25 bits per heavy atom. The van der Waals surface area contributed by atoms with Gasteiger partial charge in [-0.25, -0.2) is 4.79 Å². The van der Waals surface area contributed by atoms with Gasteiger partial charge in [0.1, 0.15) is 18.8 Å². The number of hydrogen-bond acceptors (Lipinski definition) is 5. The first-order valence-corrected chi connectivity index (χ1v) is 10.7. The predicted octanol–water partition coefficient (Wildman–Crippen LogP) is 3.82. The second kappa shape index (κ2) is 9.02. The topological polar surface area (TPSA) is 105 Å². The number of carbonyl (C=O) groups excluding carboxylic acids is 1. The Morgan fingerprint density at radius 2 is 1.62 bits per heavy atom. The molecule has 6 nitrogen and oxygen atoms in total. The van der Waals surface area contributed by atoms with Crippen molar-refractivity contribution in [2.24, 2.45) is 0 Å². The van der Waals surface area contributed by atoms with Gasteiger partial charge in [-0.15, -0.1) is 0 Å². The van der Waals surface area contributed by atoms with Gasteiger partial charge in [-0.3, -0.25) is 0 Å². The number of fused-ring (bicyclic) bond motifs is 3. The molecule has 6 heteroatoms. The summed E-state index contributed by atoms with van der Waals surface area (Å²) in [5.74, 6) is -0.0428. The molecule has 0 spiro atoms. The van der Waals surface area contributed by atoms with Crippen molar-refractivity contribution in [1.29, 1.82) is 0 Å². The summed E-state index contributed by atoms with van der Waals surface area (Å²) in [6.07, 6.45) is -3.09. The summed E-state index contributed by atoms with van der Waals surface area (Å²) in [5.41, 5.74) is 13.3. The van der Waals surface area contributed by atoms with Crippen LogP contribution in [0.25, 0.3) is 11.1 Å². The van der Waals surface area contributed by atoms with Gasteiger partial charge in [0.15, 0.2) is 0 Å². The van der Waals surface area contributed by atoms with Crippen LogP contribution in [0.5, 0.6) is 0 Å². The first-order valence-electron chi connectivity index (χ1n) is 10.7. The summed E-state index contributed by atoms with van der Waals surface area (Å²) >= 11 is 0. The second-order valence-electron chi connectivity index (χ2n) is 8.30. The number of aliphatic hydroxyl groups excluding tert-OH is 2. The number of alkyl carbamates (subject to hydrolysis) is 1. The minimum absolute atomic E-state index is 0.0428. The van der Waals surface area contributed by atoms with Crippen LogP contribution in [0.3, 0.4) is 0 Å². The van der Waals surface area contributed by atoms with Gasteiger partial charge < -0.3 is 26.0 Å². The lowest BCUT2D eigenvalue weighted by Gasteiger charge is -2.21. The van der Waals surface area contributed by atoms with Crippen molar-refractivity contribution in [2.45, 2.75) is 32.0 Å². The fourth-order valence-electron chi connectivity index (χ4n) is 4.41. The third-order valence-electron chi connectivity index (χ3n) is 6.05. The number of hydrogen-bond donors (Lipinski definition) is 4. The van der Waals surface area contributed by atoms with Gasteiger partial charge in [0.2, 0.25) is 0 Å². The lowest BCUT2D eigenvalue weighted by molar-refractivity contribution is 0.0189. The maximum atomic E-state index is 12.3. The Hall–Kier alpha value is -3.35. The molecule has 0 saturated carbocycles. The van der Waals surface area contributed by atoms with Crippen LogP contribution in [-0.2, 0) is 4.74 Å². The highest BCUT2D eigenvalue weighted by atomic mass is 16.5. The molecule has 5 N–H and O–H groups in total. The molecule has 0 saturated heterocycles. The SMILES string of the molecule is Cc1cc(C)c(N)c(C(O)C(O)CNC(=O)OCC2c3ccccc3-c3ccccc32)c1. The number of anilines is 1. The number of benzene rings is 3. The monoisotopic (exact) mass is 432 g/mol. The van der Waals surface area contributed by atoms with Crippen LogP contribution in [-0.4, -0.2) is 35.6 Å². The summed E-state index contributed by atoms with van der Waals surface area (Å²) in [6.45, 7) is 3.76. The van der Waals surface area contributed by atoms with Gasteiger partial charge in [0.25, 0.3) is 0 Å². The lowest BCUT2D eigenvalue weighted by atomic mass is 9.97. The van der Waals surface area contributed by atoms with Gasteiger partial charge in [-0.2, -0.15) is 0 Å². The maximum absolute atomic E-state index is 12.3. The highest BCUT2D eigenvalue weighted by molar-refractivity contribution is 5.79. The van der Waals surface area contributed by atoms with Crippen molar-refractivity contribution in [3.05, 3.63) is 88.5 Å². The fourth-order valence-corrected chi connectivity index (χ4v) is 4.41. The Morgan fingerprint density at radius 1 is 1.03 bits per heavy atom. The smallest absolute Gasteiger partial charge is 0.407 e. The number of nitrogen functional groups attached to an aromatic ring is 1. The molecular formula is C26H28N2O4. The predicted molar refractivity (Wildman–Crippen MR) is 124 cm³/mol. The van der Waals surface area contributed by atoms with Crippen LogP contribution in [0, 0.1) is 13.8 Å². The average Bonchev–Trinajstić information content (AvgIpc) is 3.11. The largest absolute Gasteiger partial charge is 0.449 e. The van der Waals surface area contributed by atoms with Crippen LogP contribution in [0.2, 0.25) is 0 Å². The Balaban J connectivity index is 1.36. The molecule has 0 bridgehead atoms. The first kappa shape index (κ1) is 21.9. The van der Waals surface area contributed by atoms with Crippen molar-refractivity contribution in [3.63, 3.8) is 0 Å². The average molecular weight is 433 g/mol. The van der Waals surface area contributed by atoms with Gasteiger partial charge in [-0.1, -0.05) is 66.2 Å². The molecule has 1 amide bonds. The molecule has 3 aromatic carbocycles. The van der Waals surface area contributed by atoms with Crippen LogP contribution in [0.4, 0.5) is 10.5 Å². The number of nitrogens with two attached hydrogens (primary N) is 1. The van der Waals surface area contributed by atoms with Crippen LogP contribution in [0.1, 0.15) is 39.8 Å². The summed E-state index contributed by atoms with van der Waals surface area (Å²) in [6, 6.07) is 19.9. The third-order valence-corrected chi connectivity index (χ3v) is 6.05. The van der Waals surface area contributed by atoms with Gasteiger partial charge in [0, 0.05) is 23.7 Å². The highest BCUT2D eigenvalue weighted by Crippen LogP contribution is 2.44. The molecule has 166 valence electrons. The normalized spacial score (nSPS) is 14.4. The molecule has 1 aliphatic carbocycles. The van der Waals surface area contributed by atoms with Crippen molar-refractivity contribution in [3.8, 4) is 11.1 Å². The number of nitrogens with one attached hydrogen (secondary N) is 1. The minimum atomic E-state index is -1.22. The first-order chi connectivity index (χ1) is 15.4. The van der Waals surface area contributed by atoms with Gasteiger partial charge in [0.05, 0.1) is 0 Å². The van der Waals surface area contributed by atoms with Crippen molar-refractivity contribution < 1.29 is 19.7 Å². The van der Waals surface area contributed by atoms with E-state index in [0.29, 0.717) is 11.3 Å². The maximum Gasteiger partial charge on any atom is 0.407 e. The van der Waals surface area contributed by atoms with Gasteiger partial charge in [-0.05, 0) is 41.7 Å². The molecule has 3 aromatic rings. The van der Waals surface area contributed by atoms with E-state index in [-0.39, 0.29) is 19.1 Å². The molecule has 0 aromatic heterocycles. The zero-order valence-corrected chi connectivity index (χ0v) is 18.2. The van der Waals surface area contributed by atoms with Crippen LogP contribution < -0.4 is 11.1 Å². The molecule has 0 radical (unpaired) electrons. The lowest BCUT2D eigenvalue weighted by Crippen LogP contribution is -2.36. The van der Waals surface area contributed by atoms with E-state index in [1.165, 1.54) is 0 Å². The molecular weight excluding hydrogens is 404 g/mol. The highest BCUT2D eigenvalue weighted by Gasteiger charge is 2.29. The number of aliphatic hydroxyl groups is 2. The Labute approximate surface area is 187 Å². The van der Waals surface area contributed by atoms with E-state index in [1.54, 1.807) is 6.07 Å². The van der Waals surface area contributed by atoms with Crippen molar-refractivity contribution in [1.82, 2.24) is 5.32 Å². The summed E-state index contributed by atoms with van der Waals surface area (Å²) in [7, 11) is 0. The number of aryl methyl sites for hydroxylation is 2. The molecule has 0 aliphatic heterocycles. The van der Waals surface area contributed by atoms with E-state index < -0.39 is 18.3 Å². The van der Waals surface area contributed by atoms with Crippen molar-refractivity contribution in [2.75, 3.05) is 18.9 Å². The summed E-state index contributed by atoms with van der Waals surface area (Å²) < 4.78 is 5.47. The van der Waals surface area contributed by atoms with E-state index in [4.69, 9.17) is 10.5 Å². The quantitative estimate of drug-likeness (QED) is 0.443. The molecule has 0 fully saturated rings. The molecule has 2 atom stereocenters. The Bertz CT molecular complexity index is 1100. The van der Waals surface area contributed by atoms with E-state index >= 15 is 0 Å². The molecule has 4 rings (SSSR count). The molecule has 0 heterocycles. The molecule has 1 aliphatic rings. The van der Waals surface area contributed by atoms with Crippen LogP contribution in [0.15, 0.2) is 60.7 Å². The fraction of sp³-hybridized carbons (Fsp3) is 0.269. The number of amides is 1. The molecule has 32 heavy (non-hydrogen) atoms. The molecule has 2 unspecified atom stereocenters. The van der Waals surface area contributed by atoms with E-state index in [9.17, 15) is 15.0 Å². The van der Waals surface area contributed by atoms with Crippen LogP contribution >= 0.6 is 0 Å². The summed E-state index contributed by atoms with van der Waals surface area (Å²) in [4.78, 5) is 12.3. The number of ether oxygens (including phenoxy) is 1. The third kappa shape index (κ3) is 4.20. The zero-order chi connectivity index (χ0) is 22.8. The van der Waals surface area contributed by atoms with Crippen molar-refractivity contribution >= 4 is 11.8 Å². The Kier molecular flexibility index (Phi) is 6.17. The standard InChI is InChI=1S/C26H28N2O4/c1-15-11-16(2)24(27)21(12-15)25(30)23(29)13-28-26(31)32-14-22-19-9-5-3-7-17(19)18-8-4-6-10-20(18)22/h3-12,22-23,25,29-30H,13-14,27H2,1-2H3,(H,28,31). The second-order valence-corrected chi connectivity index (χ2v) is 8.30. The number of rotatable bonds is 6. The van der Waals surface area contributed by atoms with E-state index in [2.05, 4.69) is 29.6 Å². The minimum Gasteiger partial charge on any atom is -0.449 e. The van der Waals surface area contributed by atoms with E-state index in [1.807, 2.05) is 44.2 Å². The summed E-state index contributed by atoms with van der Waals surface area (Å²) in [5, 5.41) is 23.5. The van der Waals surface area contributed by atoms with E-state index in [0.717, 1.165) is 33.4 Å². The van der Waals surface area contributed by atoms with Gasteiger partial charge >= 0.3 is 6.09 Å². The number of carbonyl (C=O) groups is 1. The zero-order valence-electron chi connectivity index (χ0n) is 18.2.